The Hall–Kier alpha value is -2.20. The molecule has 2 aromatic rings. The van der Waals surface area contributed by atoms with Crippen molar-refractivity contribution in [1.82, 2.24) is 5.32 Å². The summed E-state index contributed by atoms with van der Waals surface area (Å²) >= 11 is 0. The van der Waals surface area contributed by atoms with E-state index in [9.17, 15) is 0 Å². The van der Waals surface area contributed by atoms with Gasteiger partial charge in [-0.2, -0.15) is 0 Å². The molecule has 1 heterocycles. The molecule has 0 aromatic heterocycles. The first-order valence-electron chi connectivity index (χ1n) is 7.11. The van der Waals surface area contributed by atoms with Gasteiger partial charge in [-0.25, -0.2) is 0 Å². The Morgan fingerprint density at radius 1 is 1.10 bits per heavy atom. The number of hydrogen-bond acceptors (Lipinski definition) is 4. The standard InChI is InChI=1S/C17H20N2O2/c1-18-15(11-19(2)14-6-4-3-5-7-14)13-8-9-16-17(10-13)21-12-20-16/h3-10,15,18H,11-12H2,1-2H3. The number of fused-ring (bicyclic) bond motifs is 1. The second-order valence-electron chi connectivity index (χ2n) is 5.17. The third-order valence-electron chi connectivity index (χ3n) is 3.80. The molecule has 21 heavy (non-hydrogen) atoms. The van der Waals surface area contributed by atoms with Gasteiger partial charge in [-0.05, 0) is 36.9 Å². The van der Waals surface area contributed by atoms with Crippen molar-refractivity contribution in [2.75, 3.05) is 32.3 Å². The minimum atomic E-state index is 0.227. The van der Waals surface area contributed by atoms with Crippen molar-refractivity contribution in [2.45, 2.75) is 6.04 Å². The molecule has 0 bridgehead atoms. The number of anilines is 1. The summed E-state index contributed by atoms with van der Waals surface area (Å²) in [6.07, 6.45) is 0. The molecule has 0 saturated heterocycles. The Morgan fingerprint density at radius 2 is 1.86 bits per heavy atom. The van der Waals surface area contributed by atoms with Crippen LogP contribution in [-0.4, -0.2) is 27.4 Å². The lowest BCUT2D eigenvalue weighted by Crippen LogP contribution is -2.31. The van der Waals surface area contributed by atoms with Crippen LogP contribution < -0.4 is 19.7 Å². The van der Waals surface area contributed by atoms with Crippen molar-refractivity contribution < 1.29 is 9.47 Å². The summed E-state index contributed by atoms with van der Waals surface area (Å²) in [7, 11) is 4.08. The third-order valence-corrected chi connectivity index (χ3v) is 3.80. The van der Waals surface area contributed by atoms with E-state index in [1.54, 1.807) is 0 Å². The smallest absolute Gasteiger partial charge is 0.231 e. The average Bonchev–Trinajstić information content (AvgIpc) is 3.00. The fourth-order valence-corrected chi connectivity index (χ4v) is 2.55. The van der Waals surface area contributed by atoms with E-state index in [2.05, 4.69) is 53.7 Å². The molecule has 2 aromatic carbocycles. The highest BCUT2D eigenvalue weighted by Crippen LogP contribution is 2.34. The molecule has 0 amide bonds. The predicted molar refractivity (Wildman–Crippen MR) is 84.1 cm³/mol. The summed E-state index contributed by atoms with van der Waals surface area (Å²) in [4.78, 5) is 2.24. The number of nitrogens with zero attached hydrogens (tertiary/aromatic N) is 1. The minimum Gasteiger partial charge on any atom is -0.454 e. The van der Waals surface area contributed by atoms with E-state index in [0.717, 1.165) is 18.0 Å². The summed E-state index contributed by atoms with van der Waals surface area (Å²) < 4.78 is 10.8. The highest BCUT2D eigenvalue weighted by Gasteiger charge is 2.18. The average molecular weight is 284 g/mol. The SMILES string of the molecule is CNC(CN(C)c1ccccc1)c1ccc2c(c1)OCO2. The molecule has 0 spiro atoms. The van der Waals surface area contributed by atoms with Crippen LogP contribution in [0.25, 0.3) is 0 Å². The van der Waals surface area contributed by atoms with Crippen molar-refractivity contribution in [3.05, 3.63) is 54.1 Å². The molecule has 0 fully saturated rings. The first-order valence-corrected chi connectivity index (χ1v) is 7.11. The Bertz CT molecular complexity index is 601. The number of hydrogen-bond donors (Lipinski definition) is 1. The molecule has 1 aliphatic rings. The lowest BCUT2D eigenvalue weighted by atomic mass is 10.1. The molecule has 1 unspecified atom stereocenters. The highest BCUT2D eigenvalue weighted by molar-refractivity contribution is 5.48. The van der Waals surface area contributed by atoms with Crippen LogP contribution in [0.4, 0.5) is 5.69 Å². The van der Waals surface area contributed by atoms with Crippen molar-refractivity contribution >= 4 is 5.69 Å². The summed E-state index contributed by atoms with van der Waals surface area (Å²) in [5.41, 5.74) is 2.41. The van der Waals surface area contributed by atoms with Gasteiger partial charge < -0.3 is 19.7 Å². The number of benzene rings is 2. The van der Waals surface area contributed by atoms with Crippen molar-refractivity contribution in [3.8, 4) is 11.5 Å². The molecule has 4 nitrogen and oxygen atoms in total. The molecule has 1 N–H and O–H groups in total. The summed E-state index contributed by atoms with van der Waals surface area (Å²) in [5.74, 6) is 1.65. The number of ether oxygens (including phenoxy) is 2. The molecule has 110 valence electrons. The van der Waals surface area contributed by atoms with E-state index < -0.39 is 0 Å². The predicted octanol–water partition coefficient (Wildman–Crippen LogP) is 2.81. The minimum absolute atomic E-state index is 0.227. The molecule has 0 radical (unpaired) electrons. The van der Waals surface area contributed by atoms with Crippen LogP contribution >= 0.6 is 0 Å². The number of para-hydroxylation sites is 1. The van der Waals surface area contributed by atoms with Gasteiger partial charge in [0.2, 0.25) is 6.79 Å². The second-order valence-corrected chi connectivity index (χ2v) is 5.17. The zero-order valence-electron chi connectivity index (χ0n) is 12.4. The van der Waals surface area contributed by atoms with Crippen LogP contribution in [0.1, 0.15) is 11.6 Å². The van der Waals surface area contributed by atoms with Crippen LogP contribution in [0.15, 0.2) is 48.5 Å². The quantitative estimate of drug-likeness (QED) is 0.915. The second kappa shape index (κ2) is 6.06. The van der Waals surface area contributed by atoms with Gasteiger partial charge in [0.1, 0.15) is 0 Å². The first kappa shape index (κ1) is 13.8. The lowest BCUT2D eigenvalue weighted by molar-refractivity contribution is 0.174. The maximum absolute atomic E-state index is 5.46. The van der Waals surface area contributed by atoms with Crippen LogP contribution in [-0.2, 0) is 0 Å². The summed E-state index contributed by atoms with van der Waals surface area (Å²) in [6, 6.07) is 16.7. The van der Waals surface area contributed by atoms with E-state index >= 15 is 0 Å². The van der Waals surface area contributed by atoms with E-state index in [4.69, 9.17) is 9.47 Å². The van der Waals surface area contributed by atoms with Crippen LogP contribution in [0.3, 0.4) is 0 Å². The van der Waals surface area contributed by atoms with Crippen LogP contribution in [0, 0.1) is 0 Å². The maximum Gasteiger partial charge on any atom is 0.231 e. The van der Waals surface area contributed by atoms with Gasteiger partial charge in [0, 0.05) is 25.3 Å². The fraction of sp³-hybridized carbons (Fsp3) is 0.294. The molecule has 0 saturated carbocycles. The summed E-state index contributed by atoms with van der Waals surface area (Å²) in [5, 5.41) is 3.37. The topological polar surface area (TPSA) is 33.7 Å². The molecule has 4 heteroatoms. The van der Waals surface area contributed by atoms with Crippen LogP contribution in [0.2, 0.25) is 0 Å². The van der Waals surface area contributed by atoms with Crippen molar-refractivity contribution in [1.29, 1.82) is 0 Å². The van der Waals surface area contributed by atoms with E-state index in [-0.39, 0.29) is 6.04 Å². The van der Waals surface area contributed by atoms with Gasteiger partial charge in [0.25, 0.3) is 0 Å². The maximum atomic E-state index is 5.46. The zero-order valence-corrected chi connectivity index (χ0v) is 12.4. The van der Waals surface area contributed by atoms with E-state index in [1.807, 2.05) is 19.2 Å². The van der Waals surface area contributed by atoms with Gasteiger partial charge in [-0.3, -0.25) is 0 Å². The number of nitrogens with one attached hydrogen (secondary N) is 1. The normalized spacial score (nSPS) is 14.0. The van der Waals surface area contributed by atoms with Gasteiger partial charge in [0.05, 0.1) is 0 Å². The van der Waals surface area contributed by atoms with Gasteiger partial charge in [-0.15, -0.1) is 0 Å². The zero-order chi connectivity index (χ0) is 14.7. The molecule has 3 rings (SSSR count). The van der Waals surface area contributed by atoms with E-state index in [0.29, 0.717) is 6.79 Å². The molecule has 1 atom stereocenters. The third kappa shape index (κ3) is 2.95. The number of rotatable bonds is 5. The summed E-state index contributed by atoms with van der Waals surface area (Å²) in [6.45, 7) is 1.19. The van der Waals surface area contributed by atoms with Gasteiger partial charge in [-0.1, -0.05) is 24.3 Å². The molecule has 1 aliphatic heterocycles. The molecular weight excluding hydrogens is 264 g/mol. The van der Waals surface area contributed by atoms with E-state index in [1.165, 1.54) is 11.3 Å². The highest BCUT2D eigenvalue weighted by atomic mass is 16.7. The molecule has 0 aliphatic carbocycles. The van der Waals surface area contributed by atoms with Crippen molar-refractivity contribution in [2.24, 2.45) is 0 Å². The van der Waals surface area contributed by atoms with Gasteiger partial charge in [0.15, 0.2) is 11.5 Å². The van der Waals surface area contributed by atoms with Crippen molar-refractivity contribution in [3.63, 3.8) is 0 Å². The fourth-order valence-electron chi connectivity index (χ4n) is 2.55. The Morgan fingerprint density at radius 3 is 2.62 bits per heavy atom. The first-order chi connectivity index (χ1) is 10.3. The Balaban J connectivity index is 1.76. The Kier molecular flexibility index (Phi) is 3.97. The lowest BCUT2D eigenvalue weighted by Gasteiger charge is -2.26. The Labute approximate surface area is 125 Å². The van der Waals surface area contributed by atoms with Crippen LogP contribution in [0.5, 0.6) is 11.5 Å². The van der Waals surface area contributed by atoms with Gasteiger partial charge >= 0.3 is 0 Å². The number of likely N-dealkylation sites (N-methyl/N-ethyl adjacent to an activating group) is 2. The molecular formula is C17H20N2O2. The monoisotopic (exact) mass is 284 g/mol. The largest absolute Gasteiger partial charge is 0.454 e.